The molecule has 3 rings (SSSR count). The molecule has 0 N–H and O–H groups in total. The largest absolute Gasteiger partial charge is 0.471 e. The Kier molecular flexibility index (Phi) is 4.64. The molecule has 1 fully saturated rings. The Labute approximate surface area is 142 Å². The van der Waals surface area contributed by atoms with Gasteiger partial charge in [-0.25, -0.2) is 0 Å². The molecule has 6 heteroatoms. The van der Waals surface area contributed by atoms with Crippen molar-refractivity contribution in [3.05, 3.63) is 47.5 Å². The number of amides is 1. The van der Waals surface area contributed by atoms with E-state index in [0.29, 0.717) is 19.0 Å². The molecule has 6 nitrogen and oxygen atoms in total. The first-order valence-electron chi connectivity index (χ1n) is 8.06. The molecule has 126 valence electrons. The van der Waals surface area contributed by atoms with Crippen LogP contribution >= 0.6 is 0 Å². The van der Waals surface area contributed by atoms with E-state index in [0.717, 1.165) is 23.4 Å². The SMILES string of the molecule is Cc1ccc(C(=O)N2CCC(Oc3ccc(N(C)C)nn3)C2)cc1. The molecule has 1 aromatic heterocycles. The number of rotatable bonds is 4. The van der Waals surface area contributed by atoms with Crippen LogP contribution in [-0.4, -0.2) is 54.3 Å². The van der Waals surface area contributed by atoms with E-state index in [1.807, 2.05) is 67.2 Å². The average Bonchev–Trinajstić information content (AvgIpc) is 3.04. The van der Waals surface area contributed by atoms with E-state index < -0.39 is 0 Å². The highest BCUT2D eigenvalue weighted by molar-refractivity contribution is 5.94. The van der Waals surface area contributed by atoms with Gasteiger partial charge >= 0.3 is 0 Å². The summed E-state index contributed by atoms with van der Waals surface area (Å²) >= 11 is 0. The molecule has 0 radical (unpaired) electrons. The van der Waals surface area contributed by atoms with Gasteiger partial charge in [0.05, 0.1) is 6.54 Å². The molecular weight excluding hydrogens is 304 g/mol. The fourth-order valence-corrected chi connectivity index (χ4v) is 2.67. The molecule has 1 saturated heterocycles. The summed E-state index contributed by atoms with van der Waals surface area (Å²) in [5.41, 5.74) is 1.87. The van der Waals surface area contributed by atoms with Crippen molar-refractivity contribution in [2.75, 3.05) is 32.1 Å². The minimum absolute atomic E-state index is 0.0427. The Hall–Kier alpha value is -2.63. The Bertz CT molecular complexity index is 698. The van der Waals surface area contributed by atoms with Crippen LogP contribution in [0.3, 0.4) is 0 Å². The third-order valence-electron chi connectivity index (χ3n) is 4.10. The minimum atomic E-state index is -0.0427. The first-order valence-corrected chi connectivity index (χ1v) is 8.06. The first kappa shape index (κ1) is 16.2. The third-order valence-corrected chi connectivity index (χ3v) is 4.10. The van der Waals surface area contributed by atoms with Gasteiger partial charge in [-0.1, -0.05) is 17.7 Å². The number of carbonyl (C=O) groups is 1. The van der Waals surface area contributed by atoms with Crippen LogP contribution in [0, 0.1) is 6.92 Å². The fraction of sp³-hybridized carbons (Fsp3) is 0.389. The Balaban J connectivity index is 1.58. The number of benzene rings is 1. The van der Waals surface area contributed by atoms with E-state index in [9.17, 15) is 4.79 Å². The standard InChI is InChI=1S/C18H22N4O2/c1-13-4-6-14(7-5-13)18(23)22-11-10-15(12-22)24-17-9-8-16(19-20-17)21(2)3/h4-9,15H,10-12H2,1-3H3. The minimum Gasteiger partial charge on any atom is -0.471 e. The zero-order valence-electron chi connectivity index (χ0n) is 14.3. The summed E-state index contributed by atoms with van der Waals surface area (Å²) in [4.78, 5) is 16.2. The van der Waals surface area contributed by atoms with Crippen LogP contribution in [0.15, 0.2) is 36.4 Å². The molecule has 2 heterocycles. The lowest BCUT2D eigenvalue weighted by Gasteiger charge is -2.17. The first-order chi connectivity index (χ1) is 11.5. The summed E-state index contributed by atoms with van der Waals surface area (Å²) in [6.45, 7) is 3.28. The molecule has 0 bridgehead atoms. The predicted molar refractivity (Wildman–Crippen MR) is 92.5 cm³/mol. The van der Waals surface area contributed by atoms with Crippen LogP contribution in [0.25, 0.3) is 0 Å². The monoisotopic (exact) mass is 326 g/mol. The summed E-state index contributed by atoms with van der Waals surface area (Å²) in [5, 5.41) is 8.18. The zero-order valence-corrected chi connectivity index (χ0v) is 14.3. The maximum atomic E-state index is 12.5. The van der Waals surface area contributed by atoms with Crippen LogP contribution in [0.1, 0.15) is 22.3 Å². The summed E-state index contributed by atoms with van der Waals surface area (Å²) in [5.74, 6) is 1.33. The number of hydrogen-bond acceptors (Lipinski definition) is 5. The van der Waals surface area contributed by atoms with Crippen molar-refractivity contribution in [1.82, 2.24) is 15.1 Å². The predicted octanol–water partition coefficient (Wildman–Crippen LogP) is 2.14. The van der Waals surface area contributed by atoms with E-state index in [1.165, 1.54) is 0 Å². The van der Waals surface area contributed by atoms with Crippen LogP contribution in [-0.2, 0) is 0 Å². The van der Waals surface area contributed by atoms with E-state index in [2.05, 4.69) is 10.2 Å². The van der Waals surface area contributed by atoms with Gasteiger partial charge in [0.2, 0.25) is 5.88 Å². The zero-order chi connectivity index (χ0) is 17.1. The lowest BCUT2D eigenvalue weighted by Crippen LogP contribution is -2.31. The molecule has 1 aliphatic heterocycles. The maximum Gasteiger partial charge on any atom is 0.253 e. The Morgan fingerprint density at radius 3 is 2.54 bits per heavy atom. The quantitative estimate of drug-likeness (QED) is 0.861. The molecule has 2 aromatic rings. The second-order valence-corrected chi connectivity index (χ2v) is 6.27. The van der Waals surface area contributed by atoms with Gasteiger partial charge in [0.1, 0.15) is 6.10 Å². The van der Waals surface area contributed by atoms with Gasteiger partial charge in [0.25, 0.3) is 5.91 Å². The molecule has 0 aliphatic carbocycles. The van der Waals surface area contributed by atoms with Gasteiger partial charge in [-0.05, 0) is 25.1 Å². The number of nitrogens with zero attached hydrogens (tertiary/aromatic N) is 4. The van der Waals surface area contributed by atoms with E-state index in [1.54, 1.807) is 0 Å². The molecule has 0 saturated carbocycles. The lowest BCUT2D eigenvalue weighted by atomic mass is 10.1. The average molecular weight is 326 g/mol. The smallest absolute Gasteiger partial charge is 0.253 e. The number of anilines is 1. The number of aryl methyl sites for hydroxylation is 1. The van der Waals surface area contributed by atoms with Gasteiger partial charge in [-0.2, -0.15) is 0 Å². The van der Waals surface area contributed by atoms with E-state index >= 15 is 0 Å². The lowest BCUT2D eigenvalue weighted by molar-refractivity contribution is 0.0771. The Morgan fingerprint density at radius 2 is 1.92 bits per heavy atom. The summed E-state index contributed by atoms with van der Waals surface area (Å²) in [6, 6.07) is 11.3. The number of carbonyl (C=O) groups excluding carboxylic acids is 1. The fourth-order valence-electron chi connectivity index (χ4n) is 2.67. The van der Waals surface area contributed by atoms with Crippen molar-refractivity contribution in [1.29, 1.82) is 0 Å². The molecular formula is C18H22N4O2. The Morgan fingerprint density at radius 1 is 1.17 bits per heavy atom. The second kappa shape index (κ2) is 6.86. The highest BCUT2D eigenvalue weighted by Gasteiger charge is 2.28. The van der Waals surface area contributed by atoms with Crippen molar-refractivity contribution in [2.45, 2.75) is 19.4 Å². The highest BCUT2D eigenvalue weighted by Crippen LogP contribution is 2.19. The molecule has 1 atom stereocenters. The van der Waals surface area contributed by atoms with Crippen LogP contribution in [0.2, 0.25) is 0 Å². The molecule has 1 unspecified atom stereocenters. The third kappa shape index (κ3) is 3.64. The topological polar surface area (TPSA) is 58.6 Å². The number of aromatic nitrogens is 2. The van der Waals surface area contributed by atoms with Gasteiger partial charge in [-0.15, -0.1) is 10.2 Å². The van der Waals surface area contributed by atoms with Crippen molar-refractivity contribution < 1.29 is 9.53 Å². The number of likely N-dealkylation sites (tertiary alicyclic amines) is 1. The van der Waals surface area contributed by atoms with Crippen molar-refractivity contribution in [2.24, 2.45) is 0 Å². The van der Waals surface area contributed by atoms with Crippen LogP contribution in [0.5, 0.6) is 5.88 Å². The van der Waals surface area contributed by atoms with Gasteiger partial charge < -0.3 is 14.5 Å². The molecule has 1 amide bonds. The van der Waals surface area contributed by atoms with Gasteiger partial charge in [0, 0.05) is 38.7 Å². The van der Waals surface area contributed by atoms with Crippen molar-refractivity contribution in [3.8, 4) is 5.88 Å². The van der Waals surface area contributed by atoms with Crippen LogP contribution in [0.4, 0.5) is 5.82 Å². The normalized spacial score (nSPS) is 17.0. The summed E-state index contributed by atoms with van der Waals surface area (Å²) in [7, 11) is 3.83. The van der Waals surface area contributed by atoms with Crippen molar-refractivity contribution >= 4 is 11.7 Å². The molecule has 1 aliphatic rings. The van der Waals surface area contributed by atoms with Crippen LogP contribution < -0.4 is 9.64 Å². The molecule has 24 heavy (non-hydrogen) atoms. The maximum absolute atomic E-state index is 12.5. The van der Waals surface area contributed by atoms with Gasteiger partial charge in [-0.3, -0.25) is 4.79 Å². The highest BCUT2D eigenvalue weighted by atomic mass is 16.5. The second-order valence-electron chi connectivity index (χ2n) is 6.27. The summed E-state index contributed by atoms with van der Waals surface area (Å²) < 4.78 is 5.86. The number of ether oxygens (including phenoxy) is 1. The molecule has 0 spiro atoms. The molecule has 1 aromatic carbocycles. The number of hydrogen-bond donors (Lipinski definition) is 0. The van der Waals surface area contributed by atoms with E-state index in [4.69, 9.17) is 4.74 Å². The van der Waals surface area contributed by atoms with Crippen molar-refractivity contribution in [3.63, 3.8) is 0 Å². The summed E-state index contributed by atoms with van der Waals surface area (Å²) in [6.07, 6.45) is 0.758. The van der Waals surface area contributed by atoms with E-state index in [-0.39, 0.29) is 12.0 Å². The van der Waals surface area contributed by atoms with Gasteiger partial charge in [0.15, 0.2) is 5.82 Å².